The molecule has 0 aliphatic carbocycles. The number of piperidine rings is 1. The zero-order valence-electron chi connectivity index (χ0n) is 16.5. The van der Waals surface area contributed by atoms with E-state index in [1.54, 1.807) is 7.11 Å². The summed E-state index contributed by atoms with van der Waals surface area (Å²) in [7, 11) is 1.75. The van der Waals surface area contributed by atoms with E-state index in [1.165, 1.54) is 29.5 Å². The number of nitrogens with one attached hydrogen (secondary N) is 1. The van der Waals surface area contributed by atoms with Crippen LogP contribution in [0.25, 0.3) is 0 Å². The van der Waals surface area contributed by atoms with Gasteiger partial charge in [0.05, 0.1) is 6.10 Å². The summed E-state index contributed by atoms with van der Waals surface area (Å²) in [5.74, 6) is 0.541. The maximum absolute atomic E-state index is 6.44. The molecule has 3 rings (SSSR count). The average Bonchev–Trinajstić information content (AvgIpc) is 2.74. The van der Waals surface area contributed by atoms with Gasteiger partial charge >= 0.3 is 0 Å². The maximum atomic E-state index is 6.44. The summed E-state index contributed by atoms with van der Waals surface area (Å²) in [5.41, 5.74) is 4.19. The molecule has 1 heterocycles. The summed E-state index contributed by atoms with van der Waals surface area (Å²) in [5, 5.41) is 3.56. The Morgan fingerprint density at radius 1 is 1.00 bits per heavy atom. The molecule has 1 saturated heterocycles. The van der Waals surface area contributed by atoms with E-state index < -0.39 is 0 Å². The van der Waals surface area contributed by atoms with Gasteiger partial charge in [0.15, 0.2) is 0 Å². The number of rotatable bonds is 10. The first-order valence-electron chi connectivity index (χ1n) is 10.3. The van der Waals surface area contributed by atoms with Crippen molar-refractivity contribution in [3.63, 3.8) is 0 Å². The van der Waals surface area contributed by atoms with Crippen molar-refractivity contribution in [3.8, 4) is 0 Å². The van der Waals surface area contributed by atoms with Crippen LogP contribution in [0.2, 0.25) is 0 Å². The highest BCUT2D eigenvalue weighted by Crippen LogP contribution is 2.33. The van der Waals surface area contributed by atoms with Crippen LogP contribution in [0.1, 0.15) is 42.1 Å². The second-order valence-electron chi connectivity index (χ2n) is 7.43. The highest BCUT2D eigenvalue weighted by molar-refractivity contribution is 5.31. The van der Waals surface area contributed by atoms with Gasteiger partial charge in [-0.3, -0.25) is 0 Å². The molecule has 1 aliphatic rings. The van der Waals surface area contributed by atoms with Gasteiger partial charge in [-0.05, 0) is 55.3 Å². The molecule has 3 nitrogen and oxygen atoms in total. The number of methoxy groups -OCH3 is 1. The predicted molar refractivity (Wildman–Crippen MR) is 111 cm³/mol. The van der Waals surface area contributed by atoms with E-state index in [4.69, 9.17) is 9.47 Å². The van der Waals surface area contributed by atoms with Gasteiger partial charge in [-0.1, -0.05) is 54.6 Å². The Balaban J connectivity index is 1.73. The molecule has 146 valence electrons. The van der Waals surface area contributed by atoms with E-state index in [9.17, 15) is 0 Å². The van der Waals surface area contributed by atoms with E-state index in [1.807, 2.05) is 0 Å². The number of hydrogen-bond acceptors (Lipinski definition) is 3. The van der Waals surface area contributed by atoms with Crippen LogP contribution in [-0.2, 0) is 22.3 Å². The molecular formula is C24H33NO2. The topological polar surface area (TPSA) is 30.5 Å². The third-order valence-corrected chi connectivity index (χ3v) is 5.44. The van der Waals surface area contributed by atoms with Crippen molar-refractivity contribution < 1.29 is 9.47 Å². The number of benzene rings is 2. The van der Waals surface area contributed by atoms with Crippen molar-refractivity contribution in [2.75, 3.05) is 33.4 Å². The first-order valence-corrected chi connectivity index (χ1v) is 10.3. The Kier molecular flexibility index (Phi) is 8.34. The lowest BCUT2D eigenvalue weighted by Crippen LogP contribution is -2.34. The molecule has 0 bridgehead atoms. The van der Waals surface area contributed by atoms with Gasteiger partial charge in [0.1, 0.15) is 0 Å². The molecule has 1 fully saturated rings. The number of ether oxygens (including phenoxy) is 2. The maximum Gasteiger partial charge on any atom is 0.0867 e. The van der Waals surface area contributed by atoms with E-state index in [-0.39, 0.29) is 6.10 Å². The smallest absolute Gasteiger partial charge is 0.0867 e. The largest absolute Gasteiger partial charge is 0.385 e. The van der Waals surface area contributed by atoms with Crippen molar-refractivity contribution in [1.29, 1.82) is 0 Å². The Hall–Kier alpha value is -1.68. The van der Waals surface area contributed by atoms with E-state index in [0.717, 1.165) is 45.6 Å². The lowest BCUT2D eigenvalue weighted by Gasteiger charge is -2.32. The minimum Gasteiger partial charge on any atom is -0.385 e. The summed E-state index contributed by atoms with van der Waals surface area (Å²) in [4.78, 5) is 0. The van der Waals surface area contributed by atoms with Crippen LogP contribution in [0.3, 0.4) is 0 Å². The van der Waals surface area contributed by atoms with Crippen LogP contribution in [0.15, 0.2) is 54.6 Å². The second-order valence-corrected chi connectivity index (χ2v) is 7.43. The van der Waals surface area contributed by atoms with Crippen LogP contribution in [0.4, 0.5) is 0 Å². The van der Waals surface area contributed by atoms with Gasteiger partial charge in [0, 0.05) is 32.8 Å². The van der Waals surface area contributed by atoms with E-state index >= 15 is 0 Å². The monoisotopic (exact) mass is 367 g/mol. The fourth-order valence-corrected chi connectivity index (χ4v) is 3.99. The number of aryl methyl sites for hydroxylation is 2. The van der Waals surface area contributed by atoms with Gasteiger partial charge in [-0.2, -0.15) is 0 Å². The van der Waals surface area contributed by atoms with Crippen LogP contribution >= 0.6 is 0 Å². The van der Waals surface area contributed by atoms with Crippen LogP contribution in [0, 0.1) is 5.92 Å². The predicted octanol–water partition coefficient (Wildman–Crippen LogP) is 4.57. The minimum absolute atomic E-state index is 0.168. The fraction of sp³-hybridized carbons (Fsp3) is 0.500. The van der Waals surface area contributed by atoms with Gasteiger partial charge in [-0.25, -0.2) is 0 Å². The molecule has 2 aromatic carbocycles. The Morgan fingerprint density at radius 3 is 2.59 bits per heavy atom. The fourth-order valence-electron chi connectivity index (χ4n) is 3.99. The lowest BCUT2D eigenvalue weighted by atomic mass is 9.86. The quantitative estimate of drug-likeness (QED) is 0.624. The summed E-state index contributed by atoms with van der Waals surface area (Å²) >= 11 is 0. The molecule has 1 N–H and O–H groups in total. The first kappa shape index (κ1) is 20.1. The van der Waals surface area contributed by atoms with Gasteiger partial charge < -0.3 is 14.8 Å². The molecule has 2 atom stereocenters. The first-order chi connectivity index (χ1) is 13.4. The van der Waals surface area contributed by atoms with Crippen molar-refractivity contribution in [3.05, 3.63) is 71.3 Å². The molecule has 0 amide bonds. The Bertz CT molecular complexity index is 652. The van der Waals surface area contributed by atoms with Crippen molar-refractivity contribution in [1.82, 2.24) is 5.32 Å². The molecular weight excluding hydrogens is 334 g/mol. The van der Waals surface area contributed by atoms with Crippen LogP contribution in [-0.4, -0.2) is 33.4 Å². The SMILES string of the molecule is COCCCO[C@@H](c1ccccc1CCc1ccccc1)C1CCCNC1. The van der Waals surface area contributed by atoms with Crippen LogP contribution < -0.4 is 5.32 Å². The normalized spacial score (nSPS) is 18.3. The molecule has 0 saturated carbocycles. The molecule has 3 heteroatoms. The zero-order valence-corrected chi connectivity index (χ0v) is 16.5. The van der Waals surface area contributed by atoms with E-state index in [0.29, 0.717) is 5.92 Å². The third-order valence-electron chi connectivity index (χ3n) is 5.44. The Morgan fingerprint density at radius 2 is 1.81 bits per heavy atom. The average molecular weight is 368 g/mol. The van der Waals surface area contributed by atoms with E-state index in [2.05, 4.69) is 59.9 Å². The molecule has 27 heavy (non-hydrogen) atoms. The highest BCUT2D eigenvalue weighted by atomic mass is 16.5. The third kappa shape index (κ3) is 6.17. The van der Waals surface area contributed by atoms with Gasteiger partial charge in [0.25, 0.3) is 0 Å². The molecule has 0 spiro atoms. The second kappa shape index (κ2) is 11.2. The number of hydrogen-bond donors (Lipinski definition) is 1. The lowest BCUT2D eigenvalue weighted by molar-refractivity contribution is -0.00551. The van der Waals surface area contributed by atoms with Crippen LogP contribution in [0.5, 0.6) is 0 Å². The van der Waals surface area contributed by atoms with Crippen molar-refractivity contribution in [2.45, 2.75) is 38.2 Å². The van der Waals surface area contributed by atoms with Crippen molar-refractivity contribution in [2.24, 2.45) is 5.92 Å². The zero-order chi connectivity index (χ0) is 18.7. The highest BCUT2D eigenvalue weighted by Gasteiger charge is 2.27. The summed E-state index contributed by atoms with van der Waals surface area (Å²) in [6.45, 7) is 3.68. The van der Waals surface area contributed by atoms with Gasteiger partial charge in [-0.15, -0.1) is 0 Å². The molecule has 1 aliphatic heterocycles. The standard InChI is InChI=1S/C24H33NO2/c1-26-17-8-18-27-24(22-12-7-16-25-19-22)23-13-6-5-11-21(23)15-14-20-9-3-2-4-10-20/h2-6,9-11,13,22,24-25H,7-8,12,14-19H2,1H3/t22?,24-/m1/s1. The molecule has 2 aromatic rings. The van der Waals surface area contributed by atoms with Gasteiger partial charge in [0.2, 0.25) is 0 Å². The summed E-state index contributed by atoms with van der Waals surface area (Å²) in [6, 6.07) is 19.6. The molecule has 1 unspecified atom stereocenters. The molecule has 0 aromatic heterocycles. The Labute approximate surface area is 164 Å². The summed E-state index contributed by atoms with van der Waals surface area (Å²) in [6.07, 6.45) is 5.69. The summed E-state index contributed by atoms with van der Waals surface area (Å²) < 4.78 is 11.6. The minimum atomic E-state index is 0.168. The van der Waals surface area contributed by atoms with Crippen molar-refractivity contribution >= 4 is 0 Å². The molecule has 0 radical (unpaired) electrons.